The van der Waals surface area contributed by atoms with E-state index in [2.05, 4.69) is 0 Å². The molecule has 3 rings (SSSR count). The van der Waals surface area contributed by atoms with Crippen LogP contribution in [-0.4, -0.2) is 21.3 Å². The van der Waals surface area contributed by atoms with Crippen LogP contribution in [0.3, 0.4) is 0 Å². The molecule has 0 aliphatic carbocycles. The predicted molar refractivity (Wildman–Crippen MR) is 86.3 cm³/mol. The maximum atomic E-state index is 6.01. The fourth-order valence-electron chi connectivity index (χ4n) is 2.38. The molecule has 114 valence electrons. The van der Waals surface area contributed by atoms with E-state index in [1.165, 1.54) is 0 Å². The van der Waals surface area contributed by atoms with Crippen molar-refractivity contribution in [1.82, 2.24) is 0 Å². The Bertz CT molecular complexity index is 798. The van der Waals surface area contributed by atoms with Gasteiger partial charge in [-0.15, -0.1) is 0 Å². The summed E-state index contributed by atoms with van der Waals surface area (Å²) >= 11 is 6.01. The smallest absolute Gasteiger partial charge is 0.203 e. The third kappa shape index (κ3) is 2.46. The van der Waals surface area contributed by atoms with E-state index in [1.807, 2.05) is 30.3 Å². The molecule has 2 aromatic carbocycles. The first-order chi connectivity index (χ1) is 10.7. The van der Waals surface area contributed by atoms with Crippen LogP contribution in [0, 0.1) is 0 Å². The summed E-state index contributed by atoms with van der Waals surface area (Å²) in [6.07, 6.45) is 0. The van der Waals surface area contributed by atoms with Crippen LogP contribution in [0.4, 0.5) is 0 Å². The van der Waals surface area contributed by atoms with Gasteiger partial charge in [0.2, 0.25) is 5.75 Å². The molecule has 0 amide bonds. The van der Waals surface area contributed by atoms with Crippen LogP contribution in [0.2, 0.25) is 5.02 Å². The number of fused-ring (bicyclic) bond motifs is 1. The molecule has 3 aromatic rings. The molecule has 1 aromatic heterocycles. The van der Waals surface area contributed by atoms with Gasteiger partial charge < -0.3 is 18.6 Å². The van der Waals surface area contributed by atoms with Gasteiger partial charge in [-0.05, 0) is 36.4 Å². The second kappa shape index (κ2) is 5.81. The number of furan rings is 1. The van der Waals surface area contributed by atoms with E-state index in [-0.39, 0.29) is 0 Å². The van der Waals surface area contributed by atoms with E-state index in [1.54, 1.807) is 27.4 Å². The number of rotatable bonds is 4. The minimum absolute atomic E-state index is 0.549. The summed E-state index contributed by atoms with van der Waals surface area (Å²) < 4.78 is 21.9. The van der Waals surface area contributed by atoms with Crippen molar-refractivity contribution in [1.29, 1.82) is 0 Å². The van der Waals surface area contributed by atoms with Gasteiger partial charge in [0.25, 0.3) is 0 Å². The molecule has 22 heavy (non-hydrogen) atoms. The van der Waals surface area contributed by atoms with Crippen LogP contribution < -0.4 is 14.2 Å². The quantitative estimate of drug-likeness (QED) is 0.694. The summed E-state index contributed by atoms with van der Waals surface area (Å²) in [4.78, 5) is 0. The molecule has 4 nitrogen and oxygen atoms in total. The van der Waals surface area contributed by atoms with Crippen molar-refractivity contribution < 1.29 is 18.6 Å². The molecule has 0 radical (unpaired) electrons. The largest absolute Gasteiger partial charge is 0.493 e. The highest BCUT2D eigenvalue weighted by atomic mass is 35.5. The third-order valence-electron chi connectivity index (χ3n) is 3.43. The van der Waals surface area contributed by atoms with Crippen molar-refractivity contribution in [2.45, 2.75) is 0 Å². The molecule has 0 saturated heterocycles. The highest BCUT2D eigenvalue weighted by Crippen LogP contribution is 2.42. The number of ether oxygens (including phenoxy) is 3. The van der Waals surface area contributed by atoms with E-state index in [9.17, 15) is 0 Å². The first kappa shape index (κ1) is 14.6. The lowest BCUT2D eigenvalue weighted by atomic mass is 10.1. The highest BCUT2D eigenvalue weighted by Gasteiger charge is 2.16. The number of methoxy groups -OCH3 is 3. The molecule has 0 N–H and O–H groups in total. The Balaban J connectivity index is 2.17. The van der Waals surface area contributed by atoms with Crippen molar-refractivity contribution in [3.63, 3.8) is 0 Å². The number of hydrogen-bond donors (Lipinski definition) is 0. The first-order valence-electron chi connectivity index (χ1n) is 6.65. The topological polar surface area (TPSA) is 40.8 Å². The predicted octanol–water partition coefficient (Wildman–Crippen LogP) is 4.78. The third-order valence-corrected chi connectivity index (χ3v) is 3.66. The molecule has 0 bridgehead atoms. The van der Waals surface area contributed by atoms with Crippen LogP contribution in [0.5, 0.6) is 17.2 Å². The van der Waals surface area contributed by atoms with Crippen LogP contribution in [-0.2, 0) is 0 Å². The number of benzene rings is 2. The maximum Gasteiger partial charge on any atom is 0.203 e. The second-order valence-corrected chi connectivity index (χ2v) is 5.14. The standard InChI is InChI=1S/C17H15ClO4/c1-19-15-8-11(9-16(20-2)17(15)21-3)14-7-10-6-12(18)4-5-13(10)22-14/h4-9H,1-3H3. The molecule has 0 unspecified atom stereocenters. The summed E-state index contributed by atoms with van der Waals surface area (Å²) in [6, 6.07) is 11.1. The maximum absolute atomic E-state index is 6.01. The van der Waals surface area contributed by atoms with Crippen molar-refractivity contribution in [3.05, 3.63) is 41.4 Å². The monoisotopic (exact) mass is 318 g/mol. The fraction of sp³-hybridized carbons (Fsp3) is 0.176. The van der Waals surface area contributed by atoms with Crippen molar-refractivity contribution in [3.8, 4) is 28.6 Å². The van der Waals surface area contributed by atoms with Gasteiger partial charge in [-0.2, -0.15) is 0 Å². The van der Waals surface area contributed by atoms with Gasteiger partial charge in [0, 0.05) is 16.0 Å². The fourth-order valence-corrected chi connectivity index (χ4v) is 2.56. The summed E-state index contributed by atoms with van der Waals surface area (Å²) in [7, 11) is 4.74. The molecule has 5 heteroatoms. The van der Waals surface area contributed by atoms with Gasteiger partial charge in [-0.1, -0.05) is 11.6 Å². The lowest BCUT2D eigenvalue weighted by Gasteiger charge is -2.13. The molecule has 1 heterocycles. The molecular weight excluding hydrogens is 304 g/mol. The van der Waals surface area contributed by atoms with Crippen molar-refractivity contribution in [2.24, 2.45) is 0 Å². The van der Waals surface area contributed by atoms with Gasteiger partial charge in [-0.25, -0.2) is 0 Å². The molecule has 0 fully saturated rings. The summed E-state index contributed by atoms with van der Waals surface area (Å²) in [5, 5.41) is 1.61. The zero-order valence-electron chi connectivity index (χ0n) is 12.5. The van der Waals surface area contributed by atoms with E-state index in [0.29, 0.717) is 28.0 Å². The summed E-state index contributed by atoms with van der Waals surface area (Å²) in [5.74, 6) is 2.41. The Morgan fingerprint density at radius 1 is 0.864 bits per heavy atom. The van der Waals surface area contributed by atoms with Crippen LogP contribution in [0.25, 0.3) is 22.3 Å². The summed E-state index contributed by atoms with van der Waals surface area (Å²) in [6.45, 7) is 0. The van der Waals surface area contributed by atoms with Gasteiger partial charge >= 0.3 is 0 Å². The lowest BCUT2D eigenvalue weighted by Crippen LogP contribution is -1.95. The van der Waals surface area contributed by atoms with Gasteiger partial charge in [0.1, 0.15) is 11.3 Å². The number of hydrogen-bond acceptors (Lipinski definition) is 4. The van der Waals surface area contributed by atoms with Crippen molar-refractivity contribution in [2.75, 3.05) is 21.3 Å². The Labute approximate surface area is 133 Å². The minimum Gasteiger partial charge on any atom is -0.493 e. The SMILES string of the molecule is COc1cc(-c2cc3cc(Cl)ccc3o2)cc(OC)c1OC. The van der Waals surface area contributed by atoms with Gasteiger partial charge in [-0.3, -0.25) is 0 Å². The normalized spacial score (nSPS) is 10.7. The van der Waals surface area contributed by atoms with Crippen LogP contribution in [0.15, 0.2) is 40.8 Å². The Morgan fingerprint density at radius 3 is 2.14 bits per heavy atom. The molecular formula is C17H15ClO4. The zero-order chi connectivity index (χ0) is 15.7. The van der Waals surface area contributed by atoms with Crippen LogP contribution >= 0.6 is 11.6 Å². The Hall–Kier alpha value is -2.33. The molecule has 0 aliphatic heterocycles. The summed E-state index contributed by atoms with van der Waals surface area (Å²) in [5.41, 5.74) is 1.61. The first-order valence-corrected chi connectivity index (χ1v) is 7.03. The second-order valence-electron chi connectivity index (χ2n) is 4.71. The molecule has 0 spiro atoms. The van der Waals surface area contributed by atoms with Crippen molar-refractivity contribution >= 4 is 22.6 Å². The Morgan fingerprint density at radius 2 is 1.55 bits per heavy atom. The average Bonchev–Trinajstić information content (AvgIpc) is 2.96. The van der Waals surface area contributed by atoms with E-state index >= 15 is 0 Å². The van der Waals surface area contributed by atoms with Gasteiger partial charge in [0.15, 0.2) is 11.5 Å². The molecule has 0 atom stereocenters. The molecule has 0 aliphatic rings. The zero-order valence-corrected chi connectivity index (χ0v) is 13.2. The minimum atomic E-state index is 0.549. The van der Waals surface area contributed by atoms with E-state index in [4.69, 9.17) is 30.2 Å². The Kier molecular flexibility index (Phi) is 3.86. The average molecular weight is 319 g/mol. The van der Waals surface area contributed by atoms with E-state index < -0.39 is 0 Å². The number of halogens is 1. The van der Waals surface area contributed by atoms with Crippen LogP contribution in [0.1, 0.15) is 0 Å². The van der Waals surface area contributed by atoms with E-state index in [0.717, 1.165) is 16.5 Å². The molecule has 0 saturated carbocycles. The lowest BCUT2D eigenvalue weighted by molar-refractivity contribution is 0.324. The highest BCUT2D eigenvalue weighted by molar-refractivity contribution is 6.31. The van der Waals surface area contributed by atoms with Gasteiger partial charge in [0.05, 0.1) is 21.3 Å².